The van der Waals surface area contributed by atoms with Gasteiger partial charge in [0.2, 0.25) is 0 Å². The molecule has 0 saturated carbocycles. The van der Waals surface area contributed by atoms with Crippen molar-refractivity contribution in [3.8, 4) is 28.7 Å². The van der Waals surface area contributed by atoms with E-state index in [1.54, 1.807) is 26.0 Å². The maximum Gasteiger partial charge on any atom is 0.306 e. The smallest absolute Gasteiger partial charge is 0.306 e. The first-order valence-electron chi connectivity index (χ1n) is 14.0. The van der Waals surface area contributed by atoms with Gasteiger partial charge in [0.25, 0.3) is 0 Å². The Labute approximate surface area is 240 Å². The van der Waals surface area contributed by atoms with Gasteiger partial charge in [-0.2, -0.15) is 0 Å². The minimum Gasteiger partial charge on any atom is -0.493 e. The molecule has 2 aliphatic rings. The number of carbonyl (C=O) groups excluding carboxylic acids is 1. The standard InChI is InChI=1S/C33H37FO7/c1-19-14-23(38-13-12-33(3,4)36)15-20(2)32(19)41-27-11-9-26(34)31-25(27)8-10-28(31)40-22-6-7-24-21(16-30(35)37-5)18-39-29(24)17-22/h6-7,9,11,14-15,17,21,28,36H,8,10,12-13,16,18H2,1-5H3. The largest absolute Gasteiger partial charge is 0.493 e. The molecule has 0 aromatic heterocycles. The van der Waals surface area contributed by atoms with E-state index in [-0.39, 0.29) is 24.1 Å². The number of ether oxygens (including phenoxy) is 5. The molecule has 0 amide bonds. The number of rotatable bonds is 10. The second-order valence-corrected chi connectivity index (χ2v) is 11.5. The van der Waals surface area contributed by atoms with Gasteiger partial charge in [-0.1, -0.05) is 6.07 Å². The molecular formula is C33H37FO7. The quantitative estimate of drug-likeness (QED) is 0.269. The second-order valence-electron chi connectivity index (χ2n) is 11.5. The molecule has 2 unspecified atom stereocenters. The van der Waals surface area contributed by atoms with Crippen LogP contribution in [-0.2, 0) is 16.0 Å². The lowest BCUT2D eigenvalue weighted by Gasteiger charge is -2.19. The summed E-state index contributed by atoms with van der Waals surface area (Å²) in [5.74, 6) is 2.62. The summed E-state index contributed by atoms with van der Waals surface area (Å²) in [6.45, 7) is 8.22. The van der Waals surface area contributed by atoms with Crippen LogP contribution in [0, 0.1) is 19.7 Å². The first kappa shape index (κ1) is 28.7. The number of methoxy groups -OCH3 is 1. The van der Waals surface area contributed by atoms with E-state index in [1.807, 2.05) is 38.1 Å². The Morgan fingerprint density at radius 2 is 1.85 bits per heavy atom. The molecule has 1 N–H and O–H groups in total. The van der Waals surface area contributed by atoms with E-state index < -0.39 is 11.7 Å². The van der Waals surface area contributed by atoms with Crippen LogP contribution in [-0.4, -0.2) is 37.0 Å². The fourth-order valence-electron chi connectivity index (χ4n) is 5.49. The highest BCUT2D eigenvalue weighted by Gasteiger charge is 2.32. The molecule has 2 atom stereocenters. The Balaban J connectivity index is 1.31. The average Bonchev–Trinajstić information content (AvgIpc) is 3.51. The maximum atomic E-state index is 15.2. The number of benzene rings is 3. The Morgan fingerprint density at radius 1 is 1.10 bits per heavy atom. The summed E-state index contributed by atoms with van der Waals surface area (Å²) in [6.07, 6.45) is 1.54. The molecule has 0 fully saturated rings. The molecule has 3 aromatic carbocycles. The molecule has 0 spiro atoms. The van der Waals surface area contributed by atoms with E-state index in [2.05, 4.69) is 0 Å². The minimum absolute atomic E-state index is 0.0592. The topological polar surface area (TPSA) is 83.5 Å². The summed E-state index contributed by atoms with van der Waals surface area (Å²) >= 11 is 0. The Bertz CT molecular complexity index is 1420. The monoisotopic (exact) mass is 564 g/mol. The molecule has 0 saturated heterocycles. The van der Waals surface area contributed by atoms with Crippen molar-refractivity contribution in [2.24, 2.45) is 0 Å². The fraction of sp³-hybridized carbons (Fsp3) is 0.424. The van der Waals surface area contributed by atoms with Crippen LogP contribution in [0.1, 0.15) is 72.9 Å². The van der Waals surface area contributed by atoms with Crippen molar-refractivity contribution >= 4 is 5.97 Å². The van der Waals surface area contributed by atoms with E-state index >= 15 is 4.39 Å². The molecular weight excluding hydrogens is 527 g/mol. The van der Waals surface area contributed by atoms with Crippen LogP contribution < -0.4 is 18.9 Å². The highest BCUT2D eigenvalue weighted by molar-refractivity contribution is 5.71. The summed E-state index contributed by atoms with van der Waals surface area (Å²) in [4.78, 5) is 11.7. The molecule has 8 heteroatoms. The molecule has 0 bridgehead atoms. The van der Waals surface area contributed by atoms with Gasteiger partial charge < -0.3 is 28.8 Å². The summed E-state index contributed by atoms with van der Waals surface area (Å²) in [7, 11) is 1.38. The van der Waals surface area contributed by atoms with Gasteiger partial charge in [0.15, 0.2) is 0 Å². The molecule has 1 aliphatic heterocycles. The molecule has 218 valence electrons. The highest BCUT2D eigenvalue weighted by Crippen LogP contribution is 2.45. The van der Waals surface area contributed by atoms with Crippen molar-refractivity contribution in [3.63, 3.8) is 0 Å². The summed E-state index contributed by atoms with van der Waals surface area (Å²) in [5, 5.41) is 9.94. The lowest BCUT2D eigenvalue weighted by molar-refractivity contribution is -0.141. The van der Waals surface area contributed by atoms with Crippen LogP contribution >= 0.6 is 0 Å². The van der Waals surface area contributed by atoms with Crippen LogP contribution in [0.3, 0.4) is 0 Å². The van der Waals surface area contributed by atoms with Gasteiger partial charge in [0.05, 0.1) is 32.3 Å². The predicted octanol–water partition coefficient (Wildman–Crippen LogP) is 6.88. The van der Waals surface area contributed by atoms with Gasteiger partial charge in [0, 0.05) is 35.1 Å². The van der Waals surface area contributed by atoms with Gasteiger partial charge >= 0.3 is 5.97 Å². The first-order chi connectivity index (χ1) is 19.5. The Kier molecular flexibility index (Phi) is 8.13. The van der Waals surface area contributed by atoms with Crippen LogP contribution in [0.15, 0.2) is 42.5 Å². The van der Waals surface area contributed by atoms with Gasteiger partial charge in [-0.25, -0.2) is 4.39 Å². The van der Waals surface area contributed by atoms with E-state index in [0.29, 0.717) is 66.8 Å². The number of aliphatic hydroxyl groups is 1. The SMILES string of the molecule is COC(=O)CC1COc2cc(OC3CCc4c(Oc5c(C)cc(OCCC(C)(C)O)cc5C)ccc(F)c43)ccc21. The lowest BCUT2D eigenvalue weighted by atomic mass is 9.98. The highest BCUT2D eigenvalue weighted by atomic mass is 19.1. The minimum atomic E-state index is -0.791. The third kappa shape index (κ3) is 6.43. The summed E-state index contributed by atoms with van der Waals surface area (Å²) in [5.41, 5.74) is 3.26. The zero-order valence-corrected chi connectivity index (χ0v) is 24.2. The fourth-order valence-corrected chi connectivity index (χ4v) is 5.49. The molecule has 41 heavy (non-hydrogen) atoms. The van der Waals surface area contributed by atoms with Crippen molar-refractivity contribution in [2.45, 2.75) is 71.0 Å². The zero-order chi connectivity index (χ0) is 29.3. The maximum absolute atomic E-state index is 15.2. The molecule has 7 nitrogen and oxygen atoms in total. The van der Waals surface area contributed by atoms with E-state index in [0.717, 1.165) is 22.3 Å². The first-order valence-corrected chi connectivity index (χ1v) is 14.0. The number of carbonyl (C=O) groups is 1. The van der Waals surface area contributed by atoms with E-state index in [4.69, 9.17) is 23.7 Å². The molecule has 5 rings (SSSR count). The zero-order valence-electron chi connectivity index (χ0n) is 24.2. The molecule has 0 radical (unpaired) electrons. The average molecular weight is 565 g/mol. The van der Waals surface area contributed by atoms with Crippen molar-refractivity contribution < 1.29 is 38.0 Å². The lowest BCUT2D eigenvalue weighted by Crippen LogP contribution is -2.21. The number of halogens is 1. The number of fused-ring (bicyclic) bond motifs is 2. The van der Waals surface area contributed by atoms with Gasteiger partial charge in [-0.3, -0.25) is 4.79 Å². The Hall–Kier alpha value is -3.78. The van der Waals surface area contributed by atoms with Crippen molar-refractivity contribution in [1.82, 2.24) is 0 Å². The van der Waals surface area contributed by atoms with Crippen molar-refractivity contribution in [3.05, 3.63) is 76.1 Å². The van der Waals surface area contributed by atoms with E-state index in [1.165, 1.54) is 13.2 Å². The van der Waals surface area contributed by atoms with Crippen molar-refractivity contribution in [2.75, 3.05) is 20.3 Å². The number of hydrogen-bond donors (Lipinski definition) is 1. The molecule has 1 heterocycles. The summed E-state index contributed by atoms with van der Waals surface area (Å²) in [6, 6.07) is 12.5. The van der Waals surface area contributed by atoms with Crippen LogP contribution in [0.2, 0.25) is 0 Å². The summed E-state index contributed by atoms with van der Waals surface area (Å²) < 4.78 is 44.3. The third-order valence-electron chi connectivity index (χ3n) is 7.65. The van der Waals surface area contributed by atoms with Gasteiger partial charge in [0.1, 0.15) is 40.7 Å². The van der Waals surface area contributed by atoms with Crippen LogP contribution in [0.4, 0.5) is 4.39 Å². The normalized spacial score (nSPS) is 17.4. The molecule has 3 aromatic rings. The second kappa shape index (κ2) is 11.6. The third-order valence-corrected chi connectivity index (χ3v) is 7.65. The molecule has 1 aliphatic carbocycles. The number of aryl methyl sites for hydroxylation is 2. The van der Waals surface area contributed by atoms with Gasteiger partial charge in [-0.05, 0) is 82.0 Å². The Morgan fingerprint density at radius 3 is 2.56 bits per heavy atom. The van der Waals surface area contributed by atoms with Crippen LogP contribution in [0.25, 0.3) is 0 Å². The van der Waals surface area contributed by atoms with Gasteiger partial charge in [-0.15, -0.1) is 0 Å². The van der Waals surface area contributed by atoms with E-state index in [9.17, 15) is 9.90 Å². The predicted molar refractivity (Wildman–Crippen MR) is 152 cm³/mol. The van der Waals surface area contributed by atoms with Crippen LogP contribution in [0.5, 0.6) is 28.7 Å². The van der Waals surface area contributed by atoms with Crippen molar-refractivity contribution in [1.29, 1.82) is 0 Å². The number of hydrogen-bond acceptors (Lipinski definition) is 7. The number of esters is 1.